The Morgan fingerprint density at radius 2 is 1.80 bits per heavy atom. The predicted octanol–water partition coefficient (Wildman–Crippen LogP) is -0.0794. The third kappa shape index (κ3) is 132. The van der Waals surface area contributed by atoms with Crippen LogP contribution in [0.15, 0.2) is 0 Å². The Hall–Kier alpha value is 0.450. The Kier molecular flexibility index (Phi) is 45.7. The minimum atomic E-state index is -0.833. The van der Waals surface area contributed by atoms with Gasteiger partial charge in [0.05, 0.1) is 0 Å². The molecule has 0 radical (unpaired) electrons. The third-order valence-corrected chi connectivity index (χ3v) is 0. The van der Waals surface area contributed by atoms with Gasteiger partial charge in [0.15, 0.2) is 0 Å². The van der Waals surface area contributed by atoms with E-state index in [1.165, 1.54) is 0 Å². The van der Waals surface area contributed by atoms with Crippen LogP contribution >= 0.6 is 18.1 Å². The smallest absolute Gasteiger partial charge is 0.314 e. The van der Waals surface area contributed by atoms with E-state index in [4.69, 9.17) is 9.46 Å². The Bertz CT molecular complexity index is 15.1. The minimum absolute atomic E-state index is 0.833. The maximum Gasteiger partial charge on any atom is 0.324 e. The van der Waals surface area contributed by atoms with Crippen LogP contribution in [0.25, 0.3) is 0 Å². The molecule has 0 saturated heterocycles. The molecule has 0 bridgehead atoms. The van der Waals surface area contributed by atoms with Gasteiger partial charge in [0.1, 0.15) is 0 Å². The van der Waals surface area contributed by atoms with Gasteiger partial charge in [-0.15, -0.1) is 0 Å². The molecule has 0 amide bonds. The molecule has 3 N–H and O–H groups in total. The summed E-state index contributed by atoms with van der Waals surface area (Å²) in [6.45, 7) is 0. The number of hydrogen-bond donors (Lipinski definition) is 2. The van der Waals surface area contributed by atoms with Crippen LogP contribution in [0.3, 0.4) is 0 Å². The lowest BCUT2D eigenvalue weighted by atomic mass is 13.9. The van der Waals surface area contributed by atoms with Gasteiger partial charge in [-0.2, -0.15) is 0 Å². The highest BCUT2D eigenvalue weighted by Gasteiger charge is 1.28. The molecule has 0 heterocycles. The minimum Gasteiger partial charge on any atom is -0.314 e. The van der Waals surface area contributed by atoms with Crippen molar-refractivity contribution < 1.29 is 9.46 Å². The van der Waals surface area contributed by atoms with E-state index in [2.05, 4.69) is 5.50 Å². The molecule has 0 aliphatic rings. The molecule has 1 unspecified atom stereocenters. The Morgan fingerprint density at radius 1 is 1.80 bits per heavy atom. The first-order chi connectivity index (χ1) is 2.41. The predicted molar refractivity (Wildman–Crippen MR) is 23.7 cm³/mol. The van der Waals surface area contributed by atoms with Crippen LogP contribution in [0.5, 0.6) is 0 Å². The van der Waals surface area contributed by atoms with Gasteiger partial charge < -0.3 is 10.4 Å². The first-order valence-corrected chi connectivity index (χ1v) is 2.15. The second kappa shape index (κ2) is 25.2. The fourth-order valence-corrected chi connectivity index (χ4v) is 0. The van der Waals surface area contributed by atoms with Crippen molar-refractivity contribution in [1.82, 2.24) is 0 Å². The molecule has 32 valence electrons. The zero-order chi connectivity index (χ0) is 4.71. The Labute approximate surface area is 34.1 Å². The van der Waals surface area contributed by atoms with E-state index in [-0.39, 0.29) is 0 Å². The number of hydrogen-bond acceptors (Lipinski definition) is 2. The Morgan fingerprint density at radius 3 is 1.80 bits per heavy atom. The maximum atomic E-state index is 8.46. The zero-order valence-corrected chi connectivity index (χ0v) is 4.51. The van der Waals surface area contributed by atoms with Gasteiger partial charge >= 0.3 is 8.69 Å². The largest absolute Gasteiger partial charge is 0.324 e. The summed E-state index contributed by atoms with van der Waals surface area (Å²) in [7, 11) is 1.08. The summed E-state index contributed by atoms with van der Waals surface area (Å²) in [5.41, 5.74) is 4.42. The lowest BCUT2D eigenvalue weighted by Crippen LogP contribution is -1.45. The zero-order valence-electron chi connectivity index (χ0n) is 2.46. The summed E-state index contributed by atoms with van der Waals surface area (Å²) in [5, 5.41) is 0. The molecule has 1 atom stereocenters. The van der Waals surface area contributed by atoms with Gasteiger partial charge in [-0.1, -0.05) is 9.39 Å². The molecule has 0 aliphatic carbocycles. The van der Waals surface area contributed by atoms with Crippen molar-refractivity contribution in [2.45, 2.75) is 0 Å². The first-order valence-electron chi connectivity index (χ1n) is 0.716. The van der Waals surface area contributed by atoms with Gasteiger partial charge in [-0.3, -0.25) is 0 Å². The second-order valence-electron chi connectivity index (χ2n) is 0.0816. The molecule has 5 heavy (non-hydrogen) atoms. The van der Waals surface area contributed by atoms with Gasteiger partial charge in [0, 0.05) is 0 Å². The summed E-state index contributed by atoms with van der Waals surface area (Å²) >= 11 is 0. The van der Waals surface area contributed by atoms with Crippen molar-refractivity contribution in [2.75, 3.05) is 0 Å². The van der Waals surface area contributed by atoms with Gasteiger partial charge in [-0.25, -0.2) is 4.57 Å². The molecule has 0 aromatic carbocycles. The highest BCUT2D eigenvalue weighted by molar-refractivity contribution is 7.16. The van der Waals surface area contributed by atoms with Crippen molar-refractivity contribution in [3.05, 3.63) is 0 Å². The third-order valence-electron chi connectivity index (χ3n) is 0. The van der Waals surface area contributed by atoms with Crippen molar-refractivity contribution in [2.24, 2.45) is 5.50 Å². The maximum absolute atomic E-state index is 8.46. The lowest BCUT2D eigenvalue weighted by molar-refractivity contribution is 0.524. The van der Waals surface area contributed by atoms with Crippen LogP contribution in [0.1, 0.15) is 0 Å². The summed E-state index contributed by atoms with van der Waals surface area (Å²) in [4.78, 5) is 6.99. The highest BCUT2D eigenvalue weighted by Crippen LogP contribution is 1.66. The quantitative estimate of drug-likeness (QED) is 0.432. The van der Waals surface area contributed by atoms with E-state index in [1.807, 2.05) is 9.39 Å². The lowest BCUT2D eigenvalue weighted by Gasteiger charge is -1.24. The summed E-state index contributed by atoms with van der Waals surface area (Å²) in [6, 6.07) is 0. The van der Waals surface area contributed by atoms with Crippen LogP contribution in [0.4, 0.5) is 0 Å². The van der Waals surface area contributed by atoms with E-state index in [0.29, 0.717) is 0 Å². The van der Waals surface area contributed by atoms with Gasteiger partial charge in [0.25, 0.3) is 0 Å². The standard InChI is InChI=1S/H4NP.HO2P/c1-2;1-3-2/h1-2H2;(H,1,2). The SMILES string of the molecule is NP.O=PO. The van der Waals surface area contributed by atoms with Crippen molar-refractivity contribution in [3.8, 4) is 0 Å². The summed E-state index contributed by atoms with van der Waals surface area (Å²) < 4.78 is 8.46. The number of rotatable bonds is 0. The molecule has 0 aliphatic heterocycles. The van der Waals surface area contributed by atoms with E-state index in [0.717, 1.165) is 0 Å². The first kappa shape index (κ1) is 9.07. The van der Waals surface area contributed by atoms with E-state index in [9.17, 15) is 0 Å². The van der Waals surface area contributed by atoms with Crippen LogP contribution in [-0.4, -0.2) is 4.89 Å². The fraction of sp³-hybridized carbons (Fsp3) is 0. The van der Waals surface area contributed by atoms with Crippen LogP contribution < -0.4 is 5.50 Å². The van der Waals surface area contributed by atoms with Crippen LogP contribution in [-0.2, 0) is 4.57 Å². The van der Waals surface area contributed by atoms with Crippen LogP contribution in [0.2, 0.25) is 0 Å². The average molecular weight is 113 g/mol. The topological polar surface area (TPSA) is 63.3 Å². The molecule has 3 nitrogen and oxygen atoms in total. The van der Waals surface area contributed by atoms with Gasteiger partial charge in [-0.05, 0) is 0 Å². The van der Waals surface area contributed by atoms with E-state index in [1.54, 1.807) is 0 Å². The second-order valence-corrected chi connectivity index (χ2v) is 0.245. The molecule has 0 aromatic rings. The van der Waals surface area contributed by atoms with E-state index >= 15 is 0 Å². The molecular formula is H5NO2P2. The van der Waals surface area contributed by atoms with Crippen LogP contribution in [0, 0.1) is 0 Å². The molecular weight excluding hydrogens is 108 g/mol. The summed E-state index contributed by atoms with van der Waals surface area (Å²) in [5.74, 6) is 0. The Balaban J connectivity index is 0. The van der Waals surface area contributed by atoms with Crippen molar-refractivity contribution in [1.29, 1.82) is 0 Å². The molecule has 0 saturated carbocycles. The number of nitrogens with two attached hydrogens (primary N) is 1. The normalized spacial score (nSPS) is 5.40. The van der Waals surface area contributed by atoms with Crippen molar-refractivity contribution >= 4 is 18.1 Å². The highest BCUT2D eigenvalue weighted by atomic mass is 31.1. The monoisotopic (exact) mass is 113 g/mol. The van der Waals surface area contributed by atoms with Gasteiger partial charge in [0.2, 0.25) is 0 Å². The summed E-state index contributed by atoms with van der Waals surface area (Å²) in [6.07, 6.45) is 0. The molecule has 0 spiro atoms. The average Bonchev–Trinajstić information content (AvgIpc) is 1.46. The van der Waals surface area contributed by atoms with Crippen molar-refractivity contribution in [3.63, 3.8) is 0 Å². The molecule has 5 heteroatoms. The molecule has 0 rings (SSSR count). The molecule has 0 aromatic heterocycles. The molecule has 0 fully saturated rings. The van der Waals surface area contributed by atoms with E-state index < -0.39 is 8.69 Å². The fourth-order valence-electron chi connectivity index (χ4n) is 0.